The number of fused-ring (bicyclic) bond motifs is 1. The van der Waals surface area contributed by atoms with Crippen molar-refractivity contribution in [1.29, 1.82) is 0 Å². The number of hydrogen-bond donors (Lipinski definition) is 2. The van der Waals surface area contributed by atoms with E-state index >= 15 is 0 Å². The largest absolute Gasteiger partial charge is 0.385 e. The molecule has 3 N–H and O–H groups in total. The third-order valence-corrected chi connectivity index (χ3v) is 4.21. The molecule has 0 spiro atoms. The summed E-state index contributed by atoms with van der Waals surface area (Å²) >= 11 is 1.98. The van der Waals surface area contributed by atoms with Gasteiger partial charge in [0.05, 0.1) is 0 Å². The van der Waals surface area contributed by atoms with Gasteiger partial charge in [-0.1, -0.05) is 0 Å². The van der Waals surface area contributed by atoms with Gasteiger partial charge in [-0.15, -0.1) is 11.8 Å². The summed E-state index contributed by atoms with van der Waals surface area (Å²) in [7, 11) is 0. The first-order valence-corrected chi connectivity index (χ1v) is 7.32. The molecule has 2 rings (SSSR count). The third-order valence-electron chi connectivity index (χ3n) is 3.01. The summed E-state index contributed by atoms with van der Waals surface area (Å²) in [5, 5.41) is 3.46. The van der Waals surface area contributed by atoms with Crippen LogP contribution in [0.15, 0.2) is 23.1 Å². The molecule has 0 bridgehead atoms. The SMILES string of the molecule is CC(C)(N)CCNc1ccc2c(c1)CCCS2. The van der Waals surface area contributed by atoms with Crippen LogP contribution in [0.2, 0.25) is 0 Å². The number of thioether (sulfide) groups is 1. The van der Waals surface area contributed by atoms with E-state index < -0.39 is 0 Å². The van der Waals surface area contributed by atoms with Gasteiger partial charge in [0.1, 0.15) is 0 Å². The molecule has 0 fully saturated rings. The highest BCUT2D eigenvalue weighted by atomic mass is 32.2. The van der Waals surface area contributed by atoms with Crippen LogP contribution in [0.25, 0.3) is 0 Å². The topological polar surface area (TPSA) is 38.0 Å². The molecule has 3 heteroatoms. The highest BCUT2D eigenvalue weighted by Gasteiger charge is 2.11. The van der Waals surface area contributed by atoms with E-state index in [-0.39, 0.29) is 5.54 Å². The highest BCUT2D eigenvalue weighted by Crippen LogP contribution is 2.31. The van der Waals surface area contributed by atoms with Gasteiger partial charge >= 0.3 is 0 Å². The van der Waals surface area contributed by atoms with E-state index in [0.717, 1.165) is 13.0 Å². The quantitative estimate of drug-likeness (QED) is 0.861. The van der Waals surface area contributed by atoms with Crippen molar-refractivity contribution >= 4 is 17.4 Å². The van der Waals surface area contributed by atoms with Crippen molar-refractivity contribution in [2.24, 2.45) is 5.73 Å². The van der Waals surface area contributed by atoms with Crippen molar-refractivity contribution in [2.75, 3.05) is 17.6 Å². The average Bonchev–Trinajstić information content (AvgIpc) is 2.27. The van der Waals surface area contributed by atoms with Crippen molar-refractivity contribution in [3.8, 4) is 0 Å². The first-order valence-electron chi connectivity index (χ1n) is 6.33. The van der Waals surface area contributed by atoms with Crippen LogP contribution >= 0.6 is 11.8 Å². The molecule has 1 aromatic rings. The van der Waals surface area contributed by atoms with Crippen molar-refractivity contribution in [3.05, 3.63) is 23.8 Å². The predicted molar refractivity (Wildman–Crippen MR) is 76.9 cm³/mol. The molecule has 17 heavy (non-hydrogen) atoms. The Bertz CT molecular complexity index is 382. The van der Waals surface area contributed by atoms with Gasteiger partial charge in [0.25, 0.3) is 0 Å². The molecule has 0 saturated heterocycles. The van der Waals surface area contributed by atoms with Crippen molar-refractivity contribution in [2.45, 2.75) is 43.5 Å². The number of nitrogens with two attached hydrogens (primary N) is 1. The molecule has 0 aromatic heterocycles. The minimum absolute atomic E-state index is 0.0863. The summed E-state index contributed by atoms with van der Waals surface area (Å²) in [6, 6.07) is 6.72. The van der Waals surface area contributed by atoms with Crippen LogP contribution in [-0.4, -0.2) is 17.8 Å². The lowest BCUT2D eigenvalue weighted by Crippen LogP contribution is -2.34. The van der Waals surface area contributed by atoms with E-state index in [1.807, 2.05) is 11.8 Å². The molecule has 0 unspecified atom stereocenters. The molecule has 0 radical (unpaired) electrons. The fraction of sp³-hybridized carbons (Fsp3) is 0.571. The molecule has 94 valence electrons. The molecule has 2 nitrogen and oxygen atoms in total. The highest BCUT2D eigenvalue weighted by molar-refractivity contribution is 7.99. The lowest BCUT2D eigenvalue weighted by Gasteiger charge is -2.20. The van der Waals surface area contributed by atoms with Gasteiger partial charge in [0.2, 0.25) is 0 Å². The van der Waals surface area contributed by atoms with Gasteiger partial charge in [-0.05, 0) is 62.6 Å². The minimum atomic E-state index is -0.0863. The Hall–Kier alpha value is -0.670. The molecular formula is C14H22N2S. The summed E-state index contributed by atoms with van der Waals surface area (Å²) in [5.74, 6) is 1.27. The number of rotatable bonds is 4. The van der Waals surface area contributed by atoms with Crippen LogP contribution in [0.4, 0.5) is 5.69 Å². The van der Waals surface area contributed by atoms with E-state index in [2.05, 4.69) is 37.4 Å². The van der Waals surface area contributed by atoms with E-state index in [1.165, 1.54) is 34.7 Å². The maximum Gasteiger partial charge on any atom is 0.0343 e. The van der Waals surface area contributed by atoms with Crippen molar-refractivity contribution in [1.82, 2.24) is 0 Å². The Morgan fingerprint density at radius 3 is 3.00 bits per heavy atom. The van der Waals surface area contributed by atoms with E-state index in [4.69, 9.17) is 5.73 Å². The fourth-order valence-electron chi connectivity index (χ4n) is 2.00. The molecule has 0 saturated carbocycles. The van der Waals surface area contributed by atoms with Crippen LogP contribution in [0.5, 0.6) is 0 Å². The predicted octanol–water partition coefficient (Wildman–Crippen LogP) is 3.26. The van der Waals surface area contributed by atoms with Gasteiger partial charge in [-0.2, -0.15) is 0 Å². The standard InChI is InChI=1S/C14H22N2S/c1-14(2,15)7-8-16-12-5-6-13-11(10-12)4-3-9-17-13/h5-6,10,16H,3-4,7-9,15H2,1-2H3. The van der Waals surface area contributed by atoms with Gasteiger partial charge in [0.15, 0.2) is 0 Å². The second kappa shape index (κ2) is 5.32. The van der Waals surface area contributed by atoms with Gasteiger partial charge < -0.3 is 11.1 Å². The molecule has 1 aliphatic heterocycles. The maximum absolute atomic E-state index is 5.97. The monoisotopic (exact) mass is 250 g/mol. The second-order valence-electron chi connectivity index (χ2n) is 5.44. The molecule has 0 atom stereocenters. The zero-order valence-electron chi connectivity index (χ0n) is 10.8. The summed E-state index contributed by atoms with van der Waals surface area (Å²) in [5.41, 5.74) is 8.61. The fourth-order valence-corrected chi connectivity index (χ4v) is 3.02. The number of hydrogen-bond acceptors (Lipinski definition) is 3. The normalized spacial score (nSPS) is 15.5. The Labute approximate surface area is 108 Å². The first kappa shape index (κ1) is 12.8. The smallest absolute Gasteiger partial charge is 0.0343 e. The average molecular weight is 250 g/mol. The Kier molecular flexibility index (Phi) is 4.00. The van der Waals surface area contributed by atoms with Crippen LogP contribution in [0.1, 0.15) is 32.3 Å². The molecular weight excluding hydrogens is 228 g/mol. The number of aryl methyl sites for hydroxylation is 1. The van der Waals surface area contributed by atoms with E-state index in [9.17, 15) is 0 Å². The lowest BCUT2D eigenvalue weighted by atomic mass is 10.0. The van der Waals surface area contributed by atoms with E-state index in [0.29, 0.717) is 0 Å². The zero-order chi connectivity index (χ0) is 12.3. The van der Waals surface area contributed by atoms with Crippen LogP contribution < -0.4 is 11.1 Å². The van der Waals surface area contributed by atoms with Crippen LogP contribution in [-0.2, 0) is 6.42 Å². The minimum Gasteiger partial charge on any atom is -0.385 e. The Morgan fingerprint density at radius 2 is 2.24 bits per heavy atom. The summed E-state index contributed by atoms with van der Waals surface area (Å²) in [6.45, 7) is 5.08. The molecule has 1 aliphatic rings. The summed E-state index contributed by atoms with van der Waals surface area (Å²) in [4.78, 5) is 1.46. The van der Waals surface area contributed by atoms with Gasteiger partial charge in [-0.25, -0.2) is 0 Å². The van der Waals surface area contributed by atoms with Crippen molar-refractivity contribution in [3.63, 3.8) is 0 Å². The van der Waals surface area contributed by atoms with E-state index in [1.54, 1.807) is 0 Å². The van der Waals surface area contributed by atoms with Gasteiger partial charge in [-0.3, -0.25) is 0 Å². The Morgan fingerprint density at radius 1 is 1.41 bits per heavy atom. The summed E-state index contributed by atoms with van der Waals surface area (Å²) < 4.78 is 0. The van der Waals surface area contributed by atoms with Gasteiger partial charge in [0, 0.05) is 22.7 Å². The second-order valence-corrected chi connectivity index (χ2v) is 6.58. The number of nitrogens with one attached hydrogen (secondary N) is 1. The van der Waals surface area contributed by atoms with Crippen LogP contribution in [0.3, 0.4) is 0 Å². The first-order chi connectivity index (χ1) is 8.04. The van der Waals surface area contributed by atoms with Crippen LogP contribution in [0, 0.1) is 0 Å². The lowest BCUT2D eigenvalue weighted by molar-refractivity contribution is 0.491. The summed E-state index contributed by atoms with van der Waals surface area (Å²) in [6.07, 6.45) is 3.51. The Balaban J connectivity index is 1.93. The van der Waals surface area contributed by atoms with Crippen molar-refractivity contribution < 1.29 is 0 Å². The zero-order valence-corrected chi connectivity index (χ0v) is 11.6. The molecule has 0 aliphatic carbocycles. The third kappa shape index (κ3) is 3.93. The molecule has 1 aromatic carbocycles. The molecule has 0 amide bonds. The maximum atomic E-state index is 5.97. The number of anilines is 1. The molecule has 1 heterocycles. The number of benzene rings is 1.